The molecular weight excluding hydrogens is 373 g/mol. The summed E-state index contributed by atoms with van der Waals surface area (Å²) < 4.78 is 6.05. The second-order valence-corrected chi connectivity index (χ2v) is 7.30. The molecule has 1 N–H and O–H groups in total. The van der Waals surface area contributed by atoms with Crippen molar-refractivity contribution in [3.8, 4) is 12.3 Å². The zero-order valence-electron chi connectivity index (χ0n) is 13.6. The second kappa shape index (κ2) is 6.88. The SMILES string of the molecule is C#C[C@@H]1C[C@@H]2O[C@H]1[C@@H](c1cncnc1)[C@@H]2C(=O)Nc1ccc(Cl)c(Cl)c1. The summed E-state index contributed by atoms with van der Waals surface area (Å²) >= 11 is 12.0. The molecule has 2 bridgehead atoms. The summed E-state index contributed by atoms with van der Waals surface area (Å²) in [5.74, 6) is 2.08. The maximum Gasteiger partial charge on any atom is 0.230 e. The van der Waals surface area contributed by atoms with Crippen LogP contribution in [0.2, 0.25) is 10.0 Å². The molecule has 2 aliphatic heterocycles. The van der Waals surface area contributed by atoms with Crippen LogP contribution in [-0.4, -0.2) is 28.1 Å². The Hall–Kier alpha value is -2.13. The van der Waals surface area contributed by atoms with Gasteiger partial charge in [0.15, 0.2) is 0 Å². The van der Waals surface area contributed by atoms with Crippen molar-refractivity contribution in [2.24, 2.45) is 11.8 Å². The monoisotopic (exact) mass is 387 g/mol. The van der Waals surface area contributed by atoms with E-state index in [0.29, 0.717) is 22.2 Å². The molecule has 7 heteroatoms. The minimum atomic E-state index is -0.370. The van der Waals surface area contributed by atoms with Gasteiger partial charge in [-0.05, 0) is 30.2 Å². The molecular formula is C19H15Cl2N3O2. The van der Waals surface area contributed by atoms with Crippen LogP contribution >= 0.6 is 23.2 Å². The van der Waals surface area contributed by atoms with Crippen LogP contribution in [0.5, 0.6) is 0 Å². The molecule has 0 spiro atoms. The van der Waals surface area contributed by atoms with E-state index in [1.165, 1.54) is 6.33 Å². The van der Waals surface area contributed by atoms with Gasteiger partial charge in [-0.2, -0.15) is 0 Å². The highest BCUT2D eigenvalue weighted by Crippen LogP contribution is 2.51. The van der Waals surface area contributed by atoms with Gasteiger partial charge in [0.05, 0.1) is 28.2 Å². The van der Waals surface area contributed by atoms with Crippen molar-refractivity contribution in [1.82, 2.24) is 9.97 Å². The van der Waals surface area contributed by atoms with E-state index >= 15 is 0 Å². The molecule has 5 nitrogen and oxygen atoms in total. The summed E-state index contributed by atoms with van der Waals surface area (Å²) in [6.07, 6.45) is 10.8. The number of benzene rings is 1. The summed E-state index contributed by atoms with van der Waals surface area (Å²) in [5, 5.41) is 3.73. The van der Waals surface area contributed by atoms with E-state index in [1.54, 1.807) is 30.6 Å². The summed E-state index contributed by atoms with van der Waals surface area (Å²) in [6, 6.07) is 4.99. The Morgan fingerprint density at radius 3 is 2.73 bits per heavy atom. The van der Waals surface area contributed by atoms with E-state index in [-0.39, 0.29) is 35.9 Å². The molecule has 0 aliphatic carbocycles. The van der Waals surface area contributed by atoms with Gasteiger partial charge in [-0.25, -0.2) is 9.97 Å². The van der Waals surface area contributed by atoms with Gasteiger partial charge in [0.25, 0.3) is 0 Å². The Balaban J connectivity index is 1.62. The average Bonchev–Trinajstić information content (AvgIpc) is 3.23. The maximum absolute atomic E-state index is 13.0. The lowest BCUT2D eigenvalue weighted by Crippen LogP contribution is -2.38. The molecule has 2 aliphatic rings. The third-order valence-corrected chi connectivity index (χ3v) is 5.76. The van der Waals surface area contributed by atoms with Crippen LogP contribution in [-0.2, 0) is 9.53 Å². The van der Waals surface area contributed by atoms with Gasteiger partial charge in [0, 0.05) is 29.9 Å². The summed E-state index contributed by atoms with van der Waals surface area (Å²) in [5.41, 5.74) is 1.44. The predicted octanol–water partition coefficient (Wildman–Crippen LogP) is 3.54. The number of nitrogens with zero attached hydrogens (tertiary/aromatic N) is 2. The van der Waals surface area contributed by atoms with Crippen molar-refractivity contribution >= 4 is 34.8 Å². The molecule has 0 unspecified atom stereocenters. The van der Waals surface area contributed by atoms with E-state index in [2.05, 4.69) is 21.2 Å². The molecule has 4 rings (SSSR count). The Morgan fingerprint density at radius 2 is 2.04 bits per heavy atom. The summed E-state index contributed by atoms with van der Waals surface area (Å²) in [7, 11) is 0. The van der Waals surface area contributed by atoms with E-state index in [4.69, 9.17) is 34.4 Å². The number of terminal acetylenes is 1. The summed E-state index contributed by atoms with van der Waals surface area (Å²) in [6.45, 7) is 0. The first-order valence-corrected chi connectivity index (χ1v) is 8.96. The molecule has 5 atom stereocenters. The number of anilines is 1. The quantitative estimate of drug-likeness (QED) is 0.817. The number of hydrogen-bond donors (Lipinski definition) is 1. The van der Waals surface area contributed by atoms with Gasteiger partial charge in [0.2, 0.25) is 5.91 Å². The molecule has 2 saturated heterocycles. The van der Waals surface area contributed by atoms with Gasteiger partial charge in [-0.3, -0.25) is 4.79 Å². The first kappa shape index (κ1) is 17.3. The van der Waals surface area contributed by atoms with Crippen molar-refractivity contribution in [3.63, 3.8) is 0 Å². The van der Waals surface area contributed by atoms with Crippen molar-refractivity contribution in [3.05, 3.63) is 52.5 Å². The van der Waals surface area contributed by atoms with Crippen molar-refractivity contribution in [2.45, 2.75) is 24.5 Å². The van der Waals surface area contributed by atoms with Crippen molar-refractivity contribution in [2.75, 3.05) is 5.32 Å². The summed E-state index contributed by atoms with van der Waals surface area (Å²) in [4.78, 5) is 21.2. The minimum Gasteiger partial charge on any atom is -0.372 e. The molecule has 3 heterocycles. The third kappa shape index (κ3) is 2.95. The van der Waals surface area contributed by atoms with Crippen LogP contribution in [0.3, 0.4) is 0 Å². The van der Waals surface area contributed by atoms with Gasteiger partial charge in [-0.1, -0.05) is 23.2 Å². The number of ether oxygens (including phenoxy) is 1. The normalized spacial score (nSPS) is 29.3. The lowest BCUT2D eigenvalue weighted by molar-refractivity contribution is -0.121. The van der Waals surface area contributed by atoms with Gasteiger partial charge in [-0.15, -0.1) is 12.3 Å². The number of fused-ring (bicyclic) bond motifs is 2. The molecule has 132 valence electrons. The number of carbonyl (C=O) groups excluding carboxylic acids is 1. The molecule has 1 amide bonds. The third-order valence-electron chi connectivity index (χ3n) is 5.03. The lowest BCUT2D eigenvalue weighted by atomic mass is 9.71. The first-order valence-electron chi connectivity index (χ1n) is 8.21. The number of carbonyl (C=O) groups is 1. The number of aromatic nitrogens is 2. The fourth-order valence-corrected chi connectivity index (χ4v) is 4.21. The van der Waals surface area contributed by atoms with Crippen LogP contribution in [0, 0.1) is 24.2 Å². The van der Waals surface area contributed by atoms with E-state index in [9.17, 15) is 4.79 Å². The standard InChI is InChI=1S/C19H15Cl2N3O2/c1-2-10-5-15-17(16(18(10)26-15)11-7-22-9-23-8-11)19(25)24-12-3-4-13(20)14(21)6-12/h1,3-4,6-10,15-18H,5H2,(H,24,25)/t10-,15+,16+,17-,18-/m1/s1. The van der Waals surface area contributed by atoms with Crippen molar-refractivity contribution in [1.29, 1.82) is 0 Å². The molecule has 1 aromatic carbocycles. The second-order valence-electron chi connectivity index (χ2n) is 6.49. The van der Waals surface area contributed by atoms with E-state index in [1.807, 2.05) is 0 Å². The van der Waals surface area contributed by atoms with Crippen LogP contribution in [0.15, 0.2) is 36.9 Å². The largest absolute Gasteiger partial charge is 0.372 e. The van der Waals surface area contributed by atoms with E-state index in [0.717, 1.165) is 5.56 Å². The minimum absolute atomic E-state index is 0.0146. The predicted molar refractivity (Wildman–Crippen MR) is 99.0 cm³/mol. The molecule has 0 saturated carbocycles. The Labute approximate surface area is 161 Å². The first-order chi connectivity index (χ1) is 12.6. The van der Waals surface area contributed by atoms with E-state index < -0.39 is 0 Å². The van der Waals surface area contributed by atoms with Crippen LogP contribution in [0.25, 0.3) is 0 Å². The van der Waals surface area contributed by atoms with Crippen LogP contribution < -0.4 is 5.32 Å². The molecule has 0 radical (unpaired) electrons. The molecule has 1 aromatic heterocycles. The number of nitrogens with one attached hydrogen (secondary N) is 1. The highest BCUT2D eigenvalue weighted by molar-refractivity contribution is 6.42. The number of halogens is 2. The highest BCUT2D eigenvalue weighted by atomic mass is 35.5. The van der Waals surface area contributed by atoms with Gasteiger partial charge in [0.1, 0.15) is 6.33 Å². The number of hydrogen-bond acceptors (Lipinski definition) is 4. The molecule has 2 fully saturated rings. The zero-order valence-corrected chi connectivity index (χ0v) is 15.1. The molecule has 2 aromatic rings. The molecule has 26 heavy (non-hydrogen) atoms. The smallest absolute Gasteiger partial charge is 0.230 e. The Kier molecular flexibility index (Phi) is 4.58. The van der Waals surface area contributed by atoms with Gasteiger partial charge < -0.3 is 10.1 Å². The van der Waals surface area contributed by atoms with Gasteiger partial charge >= 0.3 is 0 Å². The maximum atomic E-state index is 13.0. The Bertz CT molecular complexity index is 884. The van der Waals surface area contributed by atoms with Crippen molar-refractivity contribution < 1.29 is 9.53 Å². The van der Waals surface area contributed by atoms with Crippen LogP contribution in [0.1, 0.15) is 17.9 Å². The Morgan fingerprint density at radius 1 is 1.27 bits per heavy atom. The number of rotatable bonds is 3. The lowest BCUT2D eigenvalue weighted by Gasteiger charge is -2.29. The average molecular weight is 388 g/mol. The fourth-order valence-electron chi connectivity index (χ4n) is 3.91. The zero-order chi connectivity index (χ0) is 18.3. The number of amides is 1. The van der Waals surface area contributed by atoms with Crippen LogP contribution in [0.4, 0.5) is 5.69 Å². The topological polar surface area (TPSA) is 64.1 Å². The fraction of sp³-hybridized carbons (Fsp3) is 0.316. The highest BCUT2D eigenvalue weighted by Gasteiger charge is 2.57.